The minimum Gasteiger partial charge on any atom is -0.377 e. The number of carbonyl (C=O) groups is 1. The molecule has 1 N–H and O–H groups in total. The van der Waals surface area contributed by atoms with Crippen LogP contribution in [0.5, 0.6) is 0 Å². The number of ether oxygens (including phenoxy) is 1. The lowest BCUT2D eigenvalue weighted by molar-refractivity contribution is -0.117. The third-order valence-electron chi connectivity index (χ3n) is 4.78. The van der Waals surface area contributed by atoms with Crippen LogP contribution in [0, 0.1) is 5.41 Å². The highest BCUT2D eigenvalue weighted by molar-refractivity contribution is 7.88. The zero-order chi connectivity index (χ0) is 21.8. The summed E-state index contributed by atoms with van der Waals surface area (Å²) in [6, 6.07) is 5.63. The standard InChI is InChI=1S/C21H35N3O4S/c1-21(2,3)13-20(25)22-17-9-10-19(23(4)5)16(12-17)14-24(29(6,26)27)15-18-8-7-11-28-18/h9-10,12,18H,7-8,11,13-15H2,1-6H3,(H,22,25). The van der Waals surface area contributed by atoms with E-state index in [1.54, 1.807) is 0 Å². The predicted octanol–water partition coefficient (Wildman–Crippen LogP) is 3.07. The molecule has 0 spiro atoms. The molecule has 1 amide bonds. The summed E-state index contributed by atoms with van der Waals surface area (Å²) in [4.78, 5) is 14.3. The molecule has 1 aliphatic rings. The van der Waals surface area contributed by atoms with Gasteiger partial charge in [0, 0.05) is 51.6 Å². The SMILES string of the molecule is CN(C)c1ccc(NC(=O)CC(C)(C)C)cc1CN(CC1CCCO1)S(C)(=O)=O. The van der Waals surface area contributed by atoms with Crippen molar-refractivity contribution in [3.8, 4) is 0 Å². The van der Waals surface area contributed by atoms with Crippen LogP contribution in [-0.4, -0.2) is 58.2 Å². The second kappa shape index (κ2) is 9.45. The number of nitrogens with one attached hydrogen (secondary N) is 1. The van der Waals surface area contributed by atoms with Gasteiger partial charge >= 0.3 is 0 Å². The number of sulfonamides is 1. The van der Waals surface area contributed by atoms with E-state index in [4.69, 9.17) is 4.74 Å². The van der Waals surface area contributed by atoms with Gasteiger partial charge in [-0.05, 0) is 42.0 Å². The van der Waals surface area contributed by atoms with Gasteiger partial charge in [-0.1, -0.05) is 20.8 Å². The highest BCUT2D eigenvalue weighted by atomic mass is 32.2. The molecule has 1 fully saturated rings. The molecule has 1 heterocycles. The smallest absolute Gasteiger partial charge is 0.224 e. The van der Waals surface area contributed by atoms with E-state index in [-0.39, 0.29) is 24.0 Å². The largest absolute Gasteiger partial charge is 0.377 e. The summed E-state index contributed by atoms with van der Waals surface area (Å²) in [5.41, 5.74) is 2.32. The molecule has 0 saturated carbocycles. The van der Waals surface area contributed by atoms with E-state index >= 15 is 0 Å². The van der Waals surface area contributed by atoms with Gasteiger partial charge < -0.3 is 15.0 Å². The highest BCUT2D eigenvalue weighted by Crippen LogP contribution is 2.27. The summed E-state index contributed by atoms with van der Waals surface area (Å²) in [5, 5.41) is 2.94. The van der Waals surface area contributed by atoms with E-state index < -0.39 is 10.0 Å². The van der Waals surface area contributed by atoms with Gasteiger partial charge in [0.2, 0.25) is 15.9 Å². The van der Waals surface area contributed by atoms with Crippen molar-refractivity contribution < 1.29 is 17.9 Å². The van der Waals surface area contributed by atoms with Gasteiger partial charge in [0.25, 0.3) is 0 Å². The molecule has 0 bridgehead atoms. The quantitative estimate of drug-likeness (QED) is 0.692. The number of hydrogen-bond acceptors (Lipinski definition) is 5. The van der Waals surface area contributed by atoms with Crippen molar-refractivity contribution in [3.63, 3.8) is 0 Å². The lowest BCUT2D eigenvalue weighted by Gasteiger charge is -2.26. The van der Waals surface area contributed by atoms with Gasteiger partial charge in [-0.25, -0.2) is 8.42 Å². The summed E-state index contributed by atoms with van der Waals surface area (Å²) in [6.07, 6.45) is 3.40. The van der Waals surface area contributed by atoms with E-state index in [0.29, 0.717) is 25.3 Å². The predicted molar refractivity (Wildman–Crippen MR) is 118 cm³/mol. The van der Waals surface area contributed by atoms with Crippen molar-refractivity contribution in [2.75, 3.05) is 43.7 Å². The molecule has 1 atom stereocenters. The lowest BCUT2D eigenvalue weighted by Crippen LogP contribution is -2.36. The van der Waals surface area contributed by atoms with Crippen LogP contribution in [0.4, 0.5) is 11.4 Å². The van der Waals surface area contributed by atoms with E-state index in [1.165, 1.54) is 10.6 Å². The molecule has 7 nitrogen and oxygen atoms in total. The first-order chi connectivity index (χ1) is 13.3. The Labute approximate surface area is 175 Å². The summed E-state index contributed by atoms with van der Waals surface area (Å²) < 4.78 is 31.9. The van der Waals surface area contributed by atoms with Crippen LogP contribution in [-0.2, 0) is 26.1 Å². The maximum atomic E-state index is 12.4. The molecule has 1 aliphatic heterocycles. The average molecular weight is 426 g/mol. The Morgan fingerprint density at radius 1 is 1.28 bits per heavy atom. The summed E-state index contributed by atoms with van der Waals surface area (Å²) in [6.45, 7) is 7.30. The minimum absolute atomic E-state index is 0.0552. The zero-order valence-corrected chi connectivity index (χ0v) is 19.3. The van der Waals surface area contributed by atoms with Crippen LogP contribution >= 0.6 is 0 Å². The van der Waals surface area contributed by atoms with E-state index in [2.05, 4.69) is 5.32 Å². The lowest BCUT2D eigenvalue weighted by atomic mass is 9.92. The molecule has 1 aromatic rings. The van der Waals surface area contributed by atoms with E-state index in [0.717, 1.165) is 24.1 Å². The number of rotatable bonds is 8. The molecule has 1 unspecified atom stereocenters. The fourth-order valence-electron chi connectivity index (χ4n) is 3.44. The fraction of sp³-hybridized carbons (Fsp3) is 0.667. The minimum atomic E-state index is -3.41. The topological polar surface area (TPSA) is 79.0 Å². The molecular formula is C21H35N3O4S. The zero-order valence-electron chi connectivity index (χ0n) is 18.5. The third-order valence-corrected chi connectivity index (χ3v) is 6.00. The molecule has 0 radical (unpaired) electrons. The Kier molecular flexibility index (Phi) is 7.70. The number of anilines is 2. The first kappa shape index (κ1) is 23.6. The number of amides is 1. The van der Waals surface area contributed by atoms with Gasteiger partial charge in [0.05, 0.1) is 12.4 Å². The van der Waals surface area contributed by atoms with Gasteiger partial charge in [-0.3, -0.25) is 4.79 Å². The first-order valence-corrected chi connectivity index (χ1v) is 11.9. The summed E-state index contributed by atoms with van der Waals surface area (Å²) in [5.74, 6) is -0.0552. The normalized spacial score (nSPS) is 17.6. The molecule has 0 aliphatic carbocycles. The molecule has 8 heteroatoms. The van der Waals surface area contributed by atoms with Gasteiger partial charge in [-0.15, -0.1) is 0 Å². The maximum absolute atomic E-state index is 12.4. The van der Waals surface area contributed by atoms with Crippen LogP contribution in [0.3, 0.4) is 0 Å². The molecule has 1 saturated heterocycles. The fourth-order valence-corrected chi connectivity index (χ4v) is 4.25. The maximum Gasteiger partial charge on any atom is 0.224 e. The molecule has 1 aromatic carbocycles. The van der Waals surface area contributed by atoms with Crippen molar-refractivity contribution >= 4 is 27.3 Å². The molecule has 164 valence electrons. The van der Waals surface area contributed by atoms with Crippen LogP contribution < -0.4 is 10.2 Å². The van der Waals surface area contributed by atoms with Crippen molar-refractivity contribution in [2.45, 2.75) is 52.7 Å². The third kappa shape index (κ3) is 7.60. The second-order valence-electron chi connectivity index (χ2n) is 9.21. The second-order valence-corrected chi connectivity index (χ2v) is 11.2. The van der Waals surface area contributed by atoms with Gasteiger partial charge in [0.1, 0.15) is 0 Å². The molecule has 29 heavy (non-hydrogen) atoms. The Bertz CT molecular complexity index is 810. The van der Waals surface area contributed by atoms with Crippen LogP contribution in [0.15, 0.2) is 18.2 Å². The number of nitrogens with zero attached hydrogens (tertiary/aromatic N) is 2. The Morgan fingerprint density at radius 2 is 1.97 bits per heavy atom. The molecular weight excluding hydrogens is 390 g/mol. The van der Waals surface area contributed by atoms with E-state index in [9.17, 15) is 13.2 Å². The van der Waals surface area contributed by atoms with Crippen LogP contribution in [0.1, 0.15) is 45.6 Å². The summed E-state index contributed by atoms with van der Waals surface area (Å²) >= 11 is 0. The molecule has 2 rings (SSSR count). The van der Waals surface area contributed by atoms with Crippen molar-refractivity contribution in [3.05, 3.63) is 23.8 Å². The Hall–Kier alpha value is -1.64. The van der Waals surface area contributed by atoms with Gasteiger partial charge in [0.15, 0.2) is 0 Å². The van der Waals surface area contributed by atoms with Gasteiger partial charge in [-0.2, -0.15) is 4.31 Å². The Balaban J connectivity index is 2.26. The van der Waals surface area contributed by atoms with Crippen molar-refractivity contribution in [2.24, 2.45) is 5.41 Å². The van der Waals surface area contributed by atoms with Crippen LogP contribution in [0.25, 0.3) is 0 Å². The van der Waals surface area contributed by atoms with E-state index in [1.807, 2.05) is 58.0 Å². The van der Waals surface area contributed by atoms with Crippen molar-refractivity contribution in [1.82, 2.24) is 4.31 Å². The monoisotopic (exact) mass is 425 g/mol. The number of hydrogen-bond donors (Lipinski definition) is 1. The van der Waals surface area contributed by atoms with Crippen LogP contribution in [0.2, 0.25) is 0 Å². The number of carbonyl (C=O) groups excluding carboxylic acids is 1. The average Bonchev–Trinajstić information content (AvgIpc) is 3.04. The number of benzene rings is 1. The summed E-state index contributed by atoms with van der Waals surface area (Å²) in [7, 11) is 0.431. The molecule has 0 aromatic heterocycles. The first-order valence-electron chi connectivity index (χ1n) is 10.0. The Morgan fingerprint density at radius 3 is 2.48 bits per heavy atom. The van der Waals surface area contributed by atoms with Crippen molar-refractivity contribution in [1.29, 1.82) is 0 Å². The highest BCUT2D eigenvalue weighted by Gasteiger charge is 2.26.